The van der Waals surface area contributed by atoms with Crippen LogP contribution in [0.5, 0.6) is 0 Å². The molecule has 1 aliphatic carbocycles. The van der Waals surface area contributed by atoms with Gasteiger partial charge in [0, 0.05) is 5.92 Å². The minimum absolute atomic E-state index is 0.00329. The molecule has 1 atom stereocenters. The highest BCUT2D eigenvalue weighted by Gasteiger charge is 2.30. The van der Waals surface area contributed by atoms with Gasteiger partial charge in [0.25, 0.3) is 0 Å². The molecule has 0 aliphatic heterocycles. The van der Waals surface area contributed by atoms with Crippen molar-refractivity contribution < 1.29 is 0 Å². The van der Waals surface area contributed by atoms with Crippen molar-refractivity contribution in [1.82, 2.24) is 0 Å². The summed E-state index contributed by atoms with van der Waals surface area (Å²) in [4.78, 5) is 0. The van der Waals surface area contributed by atoms with E-state index in [0.717, 1.165) is 6.42 Å². The predicted octanol–water partition coefficient (Wildman–Crippen LogP) is 18.3. The number of rotatable bonds is 4. The summed E-state index contributed by atoms with van der Waals surface area (Å²) in [5.74, 6) is 0.271. The van der Waals surface area contributed by atoms with Crippen molar-refractivity contribution in [3.8, 4) is 33.4 Å². The van der Waals surface area contributed by atoms with E-state index in [-0.39, 0.29) is 11.3 Å². The van der Waals surface area contributed by atoms with Gasteiger partial charge in [0.2, 0.25) is 0 Å². The molecule has 1 aliphatic rings. The standard InChI is InChI=1S/C64H44/c1-64(2,3)42-33-40-30-29-39-31-32-51-59-53(35-41(34-42)55(40)56(39)59)63-58(47-25-14-10-21-43(47)37-17-6-4-7-18-37)54-36-52-46-24-13-12-23-45(46)49-27-16-28-50(57(49)52)60(54)61(62(51)63)48-26-15-11-22-44(48)38-19-8-5-9-20-38/h4-17,19-37H,18H2,1-3H3. The van der Waals surface area contributed by atoms with Gasteiger partial charge in [-0.05, 0) is 165 Å². The normalized spacial score (nSPS) is 14.8. The molecule has 0 fully saturated rings. The second-order valence-corrected chi connectivity index (χ2v) is 19.4. The van der Waals surface area contributed by atoms with E-state index in [1.165, 1.54) is 141 Å². The number of fused-ring (bicyclic) bond motifs is 8. The van der Waals surface area contributed by atoms with Gasteiger partial charge in [0.15, 0.2) is 0 Å². The van der Waals surface area contributed by atoms with Crippen molar-refractivity contribution in [1.29, 1.82) is 0 Å². The number of benzene rings is 11. The van der Waals surface area contributed by atoms with E-state index < -0.39 is 0 Å². The van der Waals surface area contributed by atoms with Gasteiger partial charge in [-0.15, -0.1) is 0 Å². The van der Waals surface area contributed by atoms with Gasteiger partial charge in [-0.1, -0.05) is 203 Å². The average Bonchev–Trinajstić information content (AvgIpc) is 3.84. The SMILES string of the molecule is CC(C)(C)c1cc2ccc3ccc4c5c(-c6ccccc6-c6ccccc6)c6c(cc7c8ccccc8c8cccc6c87)c(-c6ccccc6C6C=CC=CC6)c5c5cc(c1)c2c3c54. The van der Waals surface area contributed by atoms with Crippen molar-refractivity contribution in [2.75, 3.05) is 0 Å². The van der Waals surface area contributed by atoms with Crippen LogP contribution in [0.15, 0.2) is 194 Å². The molecule has 0 saturated carbocycles. The van der Waals surface area contributed by atoms with Crippen molar-refractivity contribution >= 4 is 97.0 Å². The maximum absolute atomic E-state index is 2.60. The summed E-state index contributed by atoms with van der Waals surface area (Å²) < 4.78 is 0. The third-order valence-electron chi connectivity index (χ3n) is 14.9. The average molecular weight is 813 g/mol. The Kier molecular flexibility index (Phi) is 7.31. The zero-order valence-corrected chi connectivity index (χ0v) is 36.3. The lowest BCUT2D eigenvalue weighted by molar-refractivity contribution is 0.591. The summed E-state index contributed by atoms with van der Waals surface area (Å²) in [5.41, 5.74) is 10.5. The molecule has 0 saturated heterocycles. The molecule has 1 unspecified atom stereocenters. The van der Waals surface area contributed by atoms with Crippen molar-refractivity contribution in [3.05, 3.63) is 205 Å². The summed E-state index contributed by atoms with van der Waals surface area (Å²) >= 11 is 0. The highest BCUT2D eigenvalue weighted by molar-refractivity contribution is 6.48. The van der Waals surface area contributed by atoms with Crippen LogP contribution in [0.4, 0.5) is 0 Å². The van der Waals surface area contributed by atoms with Crippen LogP contribution < -0.4 is 0 Å². The fourth-order valence-electron chi connectivity index (χ4n) is 12.1. The topological polar surface area (TPSA) is 0 Å². The first-order chi connectivity index (χ1) is 31.4. The molecule has 0 nitrogen and oxygen atoms in total. The summed E-state index contributed by atoms with van der Waals surface area (Å²) in [6.07, 6.45) is 10.2. The van der Waals surface area contributed by atoms with E-state index in [4.69, 9.17) is 0 Å². The summed E-state index contributed by atoms with van der Waals surface area (Å²) in [7, 11) is 0. The van der Waals surface area contributed by atoms with E-state index in [1.54, 1.807) is 0 Å². The quantitative estimate of drug-likeness (QED) is 0.155. The Labute approximate surface area is 372 Å². The van der Waals surface area contributed by atoms with E-state index in [2.05, 4.69) is 215 Å². The first-order valence-corrected chi connectivity index (χ1v) is 23.0. The Morgan fingerprint density at radius 3 is 1.84 bits per heavy atom. The molecular formula is C64H44. The van der Waals surface area contributed by atoms with Gasteiger partial charge in [0.1, 0.15) is 0 Å². The molecule has 0 heterocycles. The molecule has 13 aromatic carbocycles. The fraction of sp³-hybridized carbons (Fsp3) is 0.0938. The molecule has 64 heavy (non-hydrogen) atoms. The second-order valence-electron chi connectivity index (χ2n) is 19.4. The van der Waals surface area contributed by atoms with Gasteiger partial charge in [-0.2, -0.15) is 0 Å². The Bertz CT molecular complexity index is 4110. The lowest BCUT2D eigenvalue weighted by atomic mass is 9.79. The first-order valence-electron chi connectivity index (χ1n) is 23.0. The largest absolute Gasteiger partial charge is 0.0836 e. The third kappa shape index (κ3) is 4.83. The van der Waals surface area contributed by atoms with Crippen LogP contribution in [0.25, 0.3) is 130 Å². The summed E-state index contributed by atoms with van der Waals surface area (Å²) in [6, 6.07) is 65.4. The molecule has 0 amide bonds. The molecule has 0 spiro atoms. The predicted molar refractivity (Wildman–Crippen MR) is 278 cm³/mol. The summed E-state index contributed by atoms with van der Waals surface area (Å²) in [5, 5.41) is 24.1. The maximum Gasteiger partial charge on any atom is 0.00618 e. The first kappa shape index (κ1) is 36.0. The molecular weight excluding hydrogens is 769 g/mol. The summed E-state index contributed by atoms with van der Waals surface area (Å²) in [6.45, 7) is 7.03. The molecule has 14 rings (SSSR count). The maximum atomic E-state index is 2.60. The molecule has 13 aromatic rings. The van der Waals surface area contributed by atoms with Crippen LogP contribution in [0, 0.1) is 0 Å². The highest BCUT2D eigenvalue weighted by atomic mass is 14.3. The Morgan fingerprint density at radius 2 is 1.03 bits per heavy atom. The molecule has 0 radical (unpaired) electrons. The van der Waals surface area contributed by atoms with Gasteiger partial charge in [0.05, 0.1) is 0 Å². The monoisotopic (exact) mass is 812 g/mol. The van der Waals surface area contributed by atoms with Crippen LogP contribution in [-0.4, -0.2) is 0 Å². The minimum Gasteiger partial charge on any atom is -0.0836 e. The van der Waals surface area contributed by atoms with Gasteiger partial charge < -0.3 is 0 Å². The molecule has 0 bridgehead atoms. The number of hydrogen-bond acceptors (Lipinski definition) is 0. The lowest BCUT2D eigenvalue weighted by Crippen LogP contribution is -2.10. The number of allylic oxidation sites excluding steroid dienone is 4. The van der Waals surface area contributed by atoms with E-state index in [0.29, 0.717) is 0 Å². The number of hydrogen-bond donors (Lipinski definition) is 0. The van der Waals surface area contributed by atoms with Crippen LogP contribution in [-0.2, 0) is 5.41 Å². The minimum atomic E-state index is 0.00329. The van der Waals surface area contributed by atoms with Crippen LogP contribution in [0.2, 0.25) is 0 Å². The third-order valence-corrected chi connectivity index (χ3v) is 14.9. The second kappa shape index (κ2) is 13.0. The fourth-order valence-corrected chi connectivity index (χ4v) is 12.1. The smallest absolute Gasteiger partial charge is 0.00618 e. The Balaban J connectivity index is 1.31. The highest BCUT2D eigenvalue weighted by Crippen LogP contribution is 2.58. The van der Waals surface area contributed by atoms with Crippen molar-refractivity contribution in [3.63, 3.8) is 0 Å². The van der Waals surface area contributed by atoms with Crippen molar-refractivity contribution in [2.45, 2.75) is 38.5 Å². The zero-order chi connectivity index (χ0) is 42.4. The van der Waals surface area contributed by atoms with E-state index in [1.807, 2.05) is 0 Å². The Morgan fingerprint density at radius 1 is 0.375 bits per heavy atom. The van der Waals surface area contributed by atoms with Gasteiger partial charge in [-0.25, -0.2) is 0 Å². The van der Waals surface area contributed by atoms with E-state index in [9.17, 15) is 0 Å². The molecule has 0 N–H and O–H groups in total. The molecule has 0 aromatic heterocycles. The molecule has 300 valence electrons. The van der Waals surface area contributed by atoms with E-state index >= 15 is 0 Å². The van der Waals surface area contributed by atoms with Crippen LogP contribution in [0.3, 0.4) is 0 Å². The van der Waals surface area contributed by atoms with Gasteiger partial charge in [-0.3, -0.25) is 0 Å². The van der Waals surface area contributed by atoms with Crippen LogP contribution >= 0.6 is 0 Å². The van der Waals surface area contributed by atoms with Gasteiger partial charge >= 0.3 is 0 Å². The van der Waals surface area contributed by atoms with Crippen LogP contribution in [0.1, 0.15) is 44.2 Å². The van der Waals surface area contributed by atoms with Crippen molar-refractivity contribution in [2.24, 2.45) is 0 Å². The lowest BCUT2D eigenvalue weighted by Gasteiger charge is -2.23. The Hall–Kier alpha value is -7.54. The zero-order valence-electron chi connectivity index (χ0n) is 36.3. The molecule has 0 heteroatoms.